The average Bonchev–Trinajstić information content (AvgIpc) is 3.39. The Kier molecular flexibility index (Phi) is 4.76. The fourth-order valence-corrected chi connectivity index (χ4v) is 2.96. The van der Waals surface area contributed by atoms with Crippen LogP contribution in [0.5, 0.6) is 0 Å². The molecule has 0 aliphatic carbocycles. The highest BCUT2D eigenvalue weighted by Gasteiger charge is 2.20. The summed E-state index contributed by atoms with van der Waals surface area (Å²) in [5.74, 6) is -0.0946. The Morgan fingerprint density at radius 3 is 2.50 bits per heavy atom. The molecule has 2 aromatic carbocycles. The highest BCUT2D eigenvalue weighted by atomic mass is 19.1. The Bertz CT molecular complexity index is 1070. The predicted octanol–water partition coefficient (Wildman–Crippen LogP) is 4.76. The molecule has 5 nitrogen and oxygen atoms in total. The van der Waals surface area contributed by atoms with Crippen LogP contribution < -0.4 is 5.32 Å². The number of hydrogen-bond acceptors (Lipinski definition) is 3. The second kappa shape index (κ2) is 7.52. The predicted molar refractivity (Wildman–Crippen MR) is 104 cm³/mol. The molecule has 1 atom stereocenters. The standard InChI is InChI=1S/C22H18FN3O2/c1-15(16-6-3-2-4-7-16)24-22(27)20-14-19(21-8-5-13-28-21)25-26(20)18-11-9-17(23)10-12-18/h2-15H,1H3,(H,24,27). The van der Waals surface area contributed by atoms with E-state index in [0.29, 0.717) is 22.8 Å². The number of halogens is 1. The van der Waals surface area contributed by atoms with Crippen molar-refractivity contribution in [3.8, 4) is 17.1 Å². The van der Waals surface area contributed by atoms with Crippen LogP contribution in [0, 0.1) is 5.82 Å². The molecule has 4 rings (SSSR count). The van der Waals surface area contributed by atoms with E-state index in [2.05, 4.69) is 10.4 Å². The maximum atomic E-state index is 13.3. The summed E-state index contributed by atoms with van der Waals surface area (Å²) >= 11 is 0. The molecule has 0 fully saturated rings. The van der Waals surface area contributed by atoms with Crippen LogP contribution in [0.1, 0.15) is 29.0 Å². The van der Waals surface area contributed by atoms with Crippen LogP contribution in [0.4, 0.5) is 4.39 Å². The third kappa shape index (κ3) is 3.57. The molecule has 2 aromatic heterocycles. The van der Waals surface area contributed by atoms with Crippen LogP contribution in [0.2, 0.25) is 0 Å². The number of amides is 1. The third-order valence-corrected chi connectivity index (χ3v) is 4.43. The van der Waals surface area contributed by atoms with Gasteiger partial charge in [0.1, 0.15) is 17.2 Å². The zero-order valence-electron chi connectivity index (χ0n) is 15.2. The van der Waals surface area contributed by atoms with Gasteiger partial charge in [-0.25, -0.2) is 9.07 Å². The van der Waals surface area contributed by atoms with E-state index in [9.17, 15) is 9.18 Å². The Morgan fingerprint density at radius 2 is 1.82 bits per heavy atom. The number of aromatic nitrogens is 2. The molecule has 0 aliphatic rings. The normalized spacial score (nSPS) is 11.9. The first kappa shape index (κ1) is 17.7. The summed E-state index contributed by atoms with van der Waals surface area (Å²) in [4.78, 5) is 13.0. The smallest absolute Gasteiger partial charge is 0.270 e. The molecule has 1 unspecified atom stereocenters. The van der Waals surface area contributed by atoms with Gasteiger partial charge >= 0.3 is 0 Å². The largest absolute Gasteiger partial charge is 0.463 e. The first-order chi connectivity index (χ1) is 13.6. The van der Waals surface area contributed by atoms with Gasteiger partial charge in [0, 0.05) is 6.07 Å². The van der Waals surface area contributed by atoms with Crippen LogP contribution in [0.15, 0.2) is 83.5 Å². The maximum Gasteiger partial charge on any atom is 0.270 e. The zero-order chi connectivity index (χ0) is 19.5. The zero-order valence-corrected chi connectivity index (χ0v) is 15.2. The van der Waals surface area contributed by atoms with Crippen LogP contribution in [-0.4, -0.2) is 15.7 Å². The molecule has 4 aromatic rings. The monoisotopic (exact) mass is 375 g/mol. The fraction of sp³-hybridized carbons (Fsp3) is 0.0909. The van der Waals surface area contributed by atoms with Crippen molar-refractivity contribution in [2.45, 2.75) is 13.0 Å². The minimum atomic E-state index is -0.356. The molecule has 0 radical (unpaired) electrons. The summed E-state index contributed by atoms with van der Waals surface area (Å²) in [5, 5.41) is 7.48. The summed E-state index contributed by atoms with van der Waals surface area (Å²) in [7, 11) is 0. The van der Waals surface area contributed by atoms with Crippen molar-refractivity contribution >= 4 is 5.91 Å². The second-order valence-electron chi connectivity index (χ2n) is 6.39. The molecule has 2 heterocycles. The van der Waals surface area contributed by atoms with E-state index in [1.165, 1.54) is 16.8 Å². The van der Waals surface area contributed by atoms with E-state index in [0.717, 1.165) is 5.56 Å². The Balaban J connectivity index is 1.70. The van der Waals surface area contributed by atoms with Gasteiger partial charge < -0.3 is 9.73 Å². The fourth-order valence-electron chi connectivity index (χ4n) is 2.96. The second-order valence-corrected chi connectivity index (χ2v) is 6.39. The Hall–Kier alpha value is -3.67. The molecule has 6 heteroatoms. The van der Waals surface area contributed by atoms with Gasteiger partial charge in [0.2, 0.25) is 0 Å². The van der Waals surface area contributed by atoms with E-state index in [1.807, 2.05) is 37.3 Å². The molecule has 0 saturated carbocycles. The lowest BCUT2D eigenvalue weighted by Gasteiger charge is -2.15. The van der Waals surface area contributed by atoms with Crippen LogP contribution >= 0.6 is 0 Å². The van der Waals surface area contributed by atoms with E-state index < -0.39 is 0 Å². The quantitative estimate of drug-likeness (QED) is 0.547. The third-order valence-electron chi connectivity index (χ3n) is 4.43. The lowest BCUT2D eigenvalue weighted by Crippen LogP contribution is -2.28. The molecule has 28 heavy (non-hydrogen) atoms. The molecule has 1 amide bonds. The Morgan fingerprint density at radius 1 is 1.07 bits per heavy atom. The highest BCUT2D eigenvalue weighted by Crippen LogP contribution is 2.23. The number of hydrogen-bond donors (Lipinski definition) is 1. The van der Waals surface area contributed by atoms with Gasteiger partial charge in [-0.1, -0.05) is 30.3 Å². The first-order valence-electron chi connectivity index (χ1n) is 8.87. The number of nitrogens with one attached hydrogen (secondary N) is 1. The molecule has 0 spiro atoms. The lowest BCUT2D eigenvalue weighted by molar-refractivity contribution is 0.0932. The van der Waals surface area contributed by atoms with Crippen molar-refractivity contribution in [2.24, 2.45) is 0 Å². The van der Waals surface area contributed by atoms with Gasteiger partial charge in [-0.3, -0.25) is 4.79 Å². The molecular weight excluding hydrogens is 357 g/mol. The topological polar surface area (TPSA) is 60.1 Å². The van der Waals surface area contributed by atoms with Gasteiger partial charge in [0.15, 0.2) is 5.76 Å². The summed E-state index contributed by atoms with van der Waals surface area (Å²) in [6.45, 7) is 1.92. The highest BCUT2D eigenvalue weighted by molar-refractivity contribution is 5.94. The van der Waals surface area contributed by atoms with Crippen LogP contribution in [0.25, 0.3) is 17.1 Å². The summed E-state index contributed by atoms with van der Waals surface area (Å²) in [6, 6.07) is 20.5. The first-order valence-corrected chi connectivity index (χ1v) is 8.87. The van der Waals surface area contributed by atoms with Crippen molar-refractivity contribution in [2.75, 3.05) is 0 Å². The van der Waals surface area contributed by atoms with Gasteiger partial charge in [-0.05, 0) is 48.9 Å². The number of carbonyl (C=O) groups excluding carboxylic acids is 1. The van der Waals surface area contributed by atoms with Crippen molar-refractivity contribution in [1.29, 1.82) is 0 Å². The summed E-state index contributed by atoms with van der Waals surface area (Å²) in [6.07, 6.45) is 1.55. The maximum absolute atomic E-state index is 13.3. The Labute approximate surface area is 161 Å². The van der Waals surface area contributed by atoms with Gasteiger partial charge in [0.05, 0.1) is 18.0 Å². The van der Waals surface area contributed by atoms with E-state index in [-0.39, 0.29) is 17.8 Å². The van der Waals surface area contributed by atoms with E-state index >= 15 is 0 Å². The minimum Gasteiger partial charge on any atom is -0.463 e. The van der Waals surface area contributed by atoms with Crippen molar-refractivity contribution < 1.29 is 13.6 Å². The number of rotatable bonds is 5. The SMILES string of the molecule is CC(NC(=O)c1cc(-c2ccco2)nn1-c1ccc(F)cc1)c1ccccc1. The van der Waals surface area contributed by atoms with Crippen LogP contribution in [0.3, 0.4) is 0 Å². The number of furan rings is 1. The van der Waals surface area contributed by atoms with Gasteiger partial charge in [-0.2, -0.15) is 5.10 Å². The van der Waals surface area contributed by atoms with E-state index in [4.69, 9.17) is 4.42 Å². The van der Waals surface area contributed by atoms with Crippen molar-refractivity contribution in [3.63, 3.8) is 0 Å². The number of benzene rings is 2. The van der Waals surface area contributed by atoms with Crippen molar-refractivity contribution in [1.82, 2.24) is 15.1 Å². The van der Waals surface area contributed by atoms with Crippen molar-refractivity contribution in [3.05, 3.63) is 96.1 Å². The lowest BCUT2D eigenvalue weighted by atomic mass is 10.1. The van der Waals surface area contributed by atoms with E-state index in [1.54, 1.807) is 36.6 Å². The summed E-state index contributed by atoms with van der Waals surface area (Å²) in [5.41, 5.74) is 2.43. The molecular formula is C22H18FN3O2. The molecule has 0 saturated heterocycles. The molecule has 140 valence electrons. The number of nitrogens with zero attached hydrogens (tertiary/aromatic N) is 2. The molecule has 0 bridgehead atoms. The van der Waals surface area contributed by atoms with Gasteiger partial charge in [0.25, 0.3) is 5.91 Å². The van der Waals surface area contributed by atoms with Crippen LogP contribution in [-0.2, 0) is 0 Å². The number of carbonyl (C=O) groups is 1. The summed E-state index contributed by atoms with van der Waals surface area (Å²) < 4.78 is 20.2. The average molecular weight is 375 g/mol. The minimum absolute atomic E-state index is 0.183. The van der Waals surface area contributed by atoms with Gasteiger partial charge in [-0.15, -0.1) is 0 Å². The molecule has 0 aliphatic heterocycles. The molecule has 1 N–H and O–H groups in total.